The van der Waals surface area contributed by atoms with E-state index in [1.807, 2.05) is 0 Å². The van der Waals surface area contributed by atoms with Crippen LogP contribution >= 0.6 is 23.2 Å². The number of rotatable bonds is 10. The SMILES string of the molecule is COc1nc(N(C)C)ncc1N=C(C(=C(N)C(O)O)C(Nc1cc(Cl)cn(C)c1=O)c1ccc(Cl)c(F)c1)C(C)C. The molecule has 3 aromatic rings. The highest BCUT2D eigenvalue weighted by Crippen LogP contribution is 2.35. The number of aliphatic hydroxyl groups is 2. The zero-order valence-electron chi connectivity index (χ0n) is 23.4. The first-order valence-electron chi connectivity index (χ1n) is 12.4. The van der Waals surface area contributed by atoms with Crippen LogP contribution in [0.1, 0.15) is 25.5 Å². The molecule has 220 valence electrons. The Kier molecular flexibility index (Phi) is 10.3. The molecule has 0 amide bonds. The summed E-state index contributed by atoms with van der Waals surface area (Å²) < 4.78 is 21.5. The van der Waals surface area contributed by atoms with Gasteiger partial charge in [0.15, 0.2) is 6.29 Å². The number of nitrogens with zero attached hydrogens (tertiary/aromatic N) is 5. The van der Waals surface area contributed by atoms with E-state index >= 15 is 0 Å². The van der Waals surface area contributed by atoms with E-state index in [4.69, 9.17) is 38.7 Å². The maximum atomic E-state index is 14.8. The number of anilines is 2. The third-order valence-corrected chi connectivity index (χ3v) is 6.50. The van der Waals surface area contributed by atoms with Gasteiger partial charge < -0.3 is 35.5 Å². The second-order valence-corrected chi connectivity index (χ2v) is 10.4. The number of nitrogens with one attached hydrogen (secondary N) is 1. The molecule has 5 N–H and O–H groups in total. The van der Waals surface area contributed by atoms with Crippen LogP contribution in [-0.2, 0) is 7.05 Å². The van der Waals surface area contributed by atoms with Crippen LogP contribution in [0.3, 0.4) is 0 Å². The van der Waals surface area contributed by atoms with Crippen molar-refractivity contribution in [1.82, 2.24) is 14.5 Å². The predicted molar refractivity (Wildman–Crippen MR) is 159 cm³/mol. The number of aryl methyl sites for hydroxylation is 1. The van der Waals surface area contributed by atoms with E-state index < -0.39 is 35.3 Å². The maximum absolute atomic E-state index is 14.8. The van der Waals surface area contributed by atoms with Crippen molar-refractivity contribution in [2.24, 2.45) is 23.7 Å². The fourth-order valence-electron chi connectivity index (χ4n) is 3.97. The highest BCUT2D eigenvalue weighted by atomic mass is 35.5. The molecule has 0 fully saturated rings. The molecule has 0 aliphatic rings. The van der Waals surface area contributed by atoms with Crippen LogP contribution < -0.4 is 26.2 Å². The van der Waals surface area contributed by atoms with Crippen LogP contribution in [0.25, 0.3) is 0 Å². The fourth-order valence-corrected chi connectivity index (χ4v) is 4.34. The van der Waals surface area contributed by atoms with Crippen molar-refractivity contribution in [3.05, 3.63) is 79.7 Å². The van der Waals surface area contributed by atoms with E-state index in [9.17, 15) is 19.4 Å². The van der Waals surface area contributed by atoms with Gasteiger partial charge in [0, 0.05) is 32.9 Å². The molecule has 1 unspecified atom stereocenters. The molecule has 0 bridgehead atoms. The molecule has 0 aliphatic carbocycles. The number of halogens is 3. The molecule has 41 heavy (non-hydrogen) atoms. The van der Waals surface area contributed by atoms with Gasteiger partial charge in [0.1, 0.15) is 17.2 Å². The molecule has 0 spiro atoms. The number of aromatic nitrogens is 3. The van der Waals surface area contributed by atoms with E-state index in [0.717, 1.165) is 6.07 Å². The summed E-state index contributed by atoms with van der Waals surface area (Å²) in [4.78, 5) is 28.1. The second-order valence-electron chi connectivity index (χ2n) is 9.59. The first-order valence-corrected chi connectivity index (χ1v) is 13.1. The highest BCUT2D eigenvalue weighted by Gasteiger charge is 2.30. The molecule has 0 saturated carbocycles. The van der Waals surface area contributed by atoms with Crippen LogP contribution in [-0.4, -0.2) is 58.0 Å². The molecule has 1 atom stereocenters. The summed E-state index contributed by atoms with van der Waals surface area (Å²) in [5.74, 6) is -0.616. The molecule has 3 rings (SSSR count). The monoisotopic (exact) mass is 607 g/mol. The summed E-state index contributed by atoms with van der Waals surface area (Å²) in [5, 5.41) is 23.7. The molecule has 1 aromatic carbocycles. The fraction of sp³-hybridized carbons (Fsp3) is 0.333. The topological polar surface area (TPSA) is 151 Å². The average Bonchev–Trinajstić information content (AvgIpc) is 2.91. The Morgan fingerprint density at radius 1 is 1.24 bits per heavy atom. The van der Waals surface area contributed by atoms with E-state index in [1.54, 1.807) is 32.8 Å². The van der Waals surface area contributed by atoms with Crippen molar-refractivity contribution < 1.29 is 19.3 Å². The largest absolute Gasteiger partial charge is 0.479 e. The first kappa shape index (κ1) is 31.8. The Morgan fingerprint density at radius 3 is 2.49 bits per heavy atom. The van der Waals surface area contributed by atoms with Gasteiger partial charge in [-0.3, -0.25) is 4.79 Å². The smallest absolute Gasteiger partial charge is 0.273 e. The van der Waals surface area contributed by atoms with Gasteiger partial charge in [-0.05, 0) is 29.7 Å². The van der Waals surface area contributed by atoms with Crippen molar-refractivity contribution in [1.29, 1.82) is 0 Å². The Balaban J connectivity index is 2.37. The van der Waals surface area contributed by atoms with Gasteiger partial charge in [0.05, 0.1) is 40.8 Å². The number of aliphatic imine (C=N–C) groups is 1. The van der Waals surface area contributed by atoms with Crippen LogP contribution in [0.2, 0.25) is 10.0 Å². The van der Waals surface area contributed by atoms with Gasteiger partial charge in [-0.15, -0.1) is 0 Å². The van der Waals surface area contributed by atoms with E-state index in [0.29, 0.717) is 5.95 Å². The van der Waals surface area contributed by atoms with Crippen LogP contribution in [0.15, 0.2) is 57.7 Å². The Bertz CT molecular complexity index is 1540. The number of methoxy groups -OCH3 is 1. The summed E-state index contributed by atoms with van der Waals surface area (Å²) in [6.45, 7) is 3.60. The quantitative estimate of drug-likeness (QED) is 0.199. The molecule has 11 nitrogen and oxygen atoms in total. The molecule has 0 aliphatic heterocycles. The van der Waals surface area contributed by atoms with Crippen LogP contribution in [0.4, 0.5) is 21.7 Å². The van der Waals surface area contributed by atoms with Crippen molar-refractivity contribution in [2.75, 3.05) is 31.4 Å². The highest BCUT2D eigenvalue weighted by molar-refractivity contribution is 6.31. The van der Waals surface area contributed by atoms with Gasteiger partial charge in [0.2, 0.25) is 11.8 Å². The van der Waals surface area contributed by atoms with Crippen molar-refractivity contribution in [3.8, 4) is 5.88 Å². The second kappa shape index (κ2) is 13.3. The summed E-state index contributed by atoms with van der Waals surface area (Å²) in [5.41, 5.74) is 6.30. The molecular formula is C27H32Cl2FN7O4. The average molecular weight is 609 g/mol. The van der Waals surface area contributed by atoms with Gasteiger partial charge in [-0.1, -0.05) is 43.1 Å². The number of ether oxygens (including phenoxy) is 1. The summed E-state index contributed by atoms with van der Waals surface area (Å²) >= 11 is 12.2. The van der Waals surface area contributed by atoms with Crippen molar-refractivity contribution >= 4 is 46.2 Å². The number of benzene rings is 1. The lowest BCUT2D eigenvalue weighted by Gasteiger charge is -2.28. The Hall–Kier alpha value is -3.71. The van der Waals surface area contributed by atoms with E-state index in [1.165, 1.54) is 49.3 Å². The number of hydrogen-bond donors (Lipinski definition) is 4. The number of hydrogen-bond acceptors (Lipinski definition) is 10. The summed E-state index contributed by atoms with van der Waals surface area (Å²) in [7, 11) is 6.48. The standard InChI is InChI=1S/C27H32Cl2FN7O4/c1-13(2)22(34-19-11-32-27(36(3)4)35-24(19)41-6)20(21(31)26(39)40)23(14-7-8-16(29)17(30)9-14)33-18-10-15(28)12-37(5)25(18)38/h7-13,23,26,33,39-40H,31H2,1-6H3. The van der Waals surface area contributed by atoms with E-state index in [2.05, 4.69) is 15.3 Å². The minimum atomic E-state index is -2.13. The lowest BCUT2D eigenvalue weighted by Crippen LogP contribution is -2.32. The maximum Gasteiger partial charge on any atom is 0.273 e. The Labute approximate surface area is 246 Å². The molecule has 2 aromatic heterocycles. The van der Waals surface area contributed by atoms with Crippen molar-refractivity contribution in [3.63, 3.8) is 0 Å². The number of aliphatic hydroxyl groups excluding tert-OH is 1. The molecule has 14 heteroatoms. The number of nitrogens with two attached hydrogens (primary N) is 1. The van der Waals surface area contributed by atoms with Crippen LogP contribution in [0, 0.1) is 11.7 Å². The zero-order chi connectivity index (χ0) is 30.6. The normalized spacial score (nSPS) is 13.3. The van der Waals surface area contributed by atoms with Gasteiger partial charge >= 0.3 is 0 Å². The van der Waals surface area contributed by atoms with Crippen molar-refractivity contribution in [2.45, 2.75) is 26.2 Å². The van der Waals surface area contributed by atoms with Gasteiger partial charge in [-0.25, -0.2) is 14.4 Å². The van der Waals surface area contributed by atoms with E-state index in [-0.39, 0.29) is 44.1 Å². The first-order chi connectivity index (χ1) is 19.2. The third-order valence-electron chi connectivity index (χ3n) is 5.98. The third kappa shape index (κ3) is 7.33. The number of pyridine rings is 1. The zero-order valence-corrected chi connectivity index (χ0v) is 24.9. The lowest BCUT2D eigenvalue weighted by atomic mass is 9.87. The van der Waals surface area contributed by atoms with Crippen LogP contribution in [0.5, 0.6) is 5.88 Å². The summed E-state index contributed by atoms with van der Waals surface area (Å²) in [6.07, 6.45) is 0.746. The molecule has 2 heterocycles. The molecule has 0 radical (unpaired) electrons. The predicted octanol–water partition coefficient (Wildman–Crippen LogP) is 3.80. The van der Waals surface area contributed by atoms with Gasteiger partial charge in [0.25, 0.3) is 5.56 Å². The Morgan fingerprint density at radius 2 is 1.93 bits per heavy atom. The lowest BCUT2D eigenvalue weighted by molar-refractivity contribution is -0.00958. The molecule has 0 saturated heterocycles. The minimum Gasteiger partial charge on any atom is -0.479 e. The summed E-state index contributed by atoms with van der Waals surface area (Å²) in [6, 6.07) is 4.27. The van der Waals surface area contributed by atoms with Gasteiger partial charge in [-0.2, -0.15) is 4.98 Å². The molecular weight excluding hydrogens is 576 g/mol. The minimum absolute atomic E-state index is 0.0393.